The summed E-state index contributed by atoms with van der Waals surface area (Å²) in [5, 5.41) is 11.1. The summed E-state index contributed by atoms with van der Waals surface area (Å²) in [5.41, 5.74) is 1.33. The van der Waals surface area contributed by atoms with Gasteiger partial charge >= 0.3 is 5.97 Å². The molecule has 33 heavy (non-hydrogen) atoms. The summed E-state index contributed by atoms with van der Waals surface area (Å²) in [6, 6.07) is 12.4. The van der Waals surface area contributed by atoms with E-state index in [4.69, 9.17) is 9.47 Å². The molecule has 0 spiro atoms. The molecule has 8 heteroatoms. The molecule has 1 saturated heterocycles. The number of aliphatic hydroxyl groups excluding tert-OH is 1. The van der Waals surface area contributed by atoms with Crippen molar-refractivity contribution in [1.82, 2.24) is 9.80 Å². The Morgan fingerprint density at radius 3 is 2.36 bits per heavy atom. The fourth-order valence-electron chi connectivity index (χ4n) is 3.86. The van der Waals surface area contributed by atoms with Crippen LogP contribution in [0, 0.1) is 0 Å². The van der Waals surface area contributed by atoms with Crippen LogP contribution in [0.15, 0.2) is 54.1 Å². The largest absolute Gasteiger partial charge is 0.507 e. The Balaban J connectivity index is 2.10. The monoisotopic (exact) mass is 452 g/mol. The highest BCUT2D eigenvalue weighted by Gasteiger charge is 2.45. The average Bonchev–Trinajstić information content (AvgIpc) is 3.08. The minimum absolute atomic E-state index is 0.00363. The van der Waals surface area contributed by atoms with Gasteiger partial charge in [0.25, 0.3) is 11.7 Å². The number of carbonyl (C=O) groups excluding carboxylic acids is 3. The summed E-state index contributed by atoms with van der Waals surface area (Å²) >= 11 is 0. The van der Waals surface area contributed by atoms with Gasteiger partial charge in [-0.2, -0.15) is 0 Å². The molecule has 1 aliphatic rings. The van der Waals surface area contributed by atoms with Crippen LogP contribution in [-0.4, -0.2) is 74.0 Å². The molecule has 0 unspecified atom stereocenters. The third-order valence-electron chi connectivity index (χ3n) is 5.53. The fourth-order valence-corrected chi connectivity index (χ4v) is 3.86. The number of benzene rings is 2. The molecule has 2 aromatic rings. The van der Waals surface area contributed by atoms with Crippen molar-refractivity contribution in [3.05, 3.63) is 70.8 Å². The van der Waals surface area contributed by atoms with Crippen molar-refractivity contribution >= 4 is 23.4 Å². The van der Waals surface area contributed by atoms with E-state index in [1.165, 1.54) is 19.1 Å². The number of likely N-dealkylation sites (tertiary alicyclic amines) is 1. The van der Waals surface area contributed by atoms with Crippen molar-refractivity contribution in [2.75, 3.05) is 41.4 Å². The van der Waals surface area contributed by atoms with Crippen molar-refractivity contribution < 1.29 is 29.0 Å². The van der Waals surface area contributed by atoms with Crippen LogP contribution in [0.3, 0.4) is 0 Å². The molecule has 1 atom stereocenters. The van der Waals surface area contributed by atoms with E-state index in [0.717, 1.165) is 6.54 Å². The second-order valence-corrected chi connectivity index (χ2v) is 7.99. The molecular formula is C25H28N2O6. The molecule has 1 heterocycles. The SMILES string of the molecule is COC(=O)c1ccc([C@@H]2/C(=C(\O)c3cccc(OC)c3)C(=O)C(=O)N2CCCN(C)C)cc1. The summed E-state index contributed by atoms with van der Waals surface area (Å²) in [6.45, 7) is 1.06. The van der Waals surface area contributed by atoms with E-state index in [9.17, 15) is 19.5 Å². The number of aliphatic hydroxyl groups is 1. The molecule has 1 aliphatic heterocycles. The van der Waals surface area contributed by atoms with Crippen LogP contribution in [0.25, 0.3) is 5.76 Å². The summed E-state index contributed by atoms with van der Waals surface area (Å²) < 4.78 is 9.97. The van der Waals surface area contributed by atoms with Gasteiger partial charge < -0.3 is 24.4 Å². The summed E-state index contributed by atoms with van der Waals surface area (Å²) in [6.07, 6.45) is 0.649. The number of nitrogens with zero attached hydrogens (tertiary/aromatic N) is 2. The van der Waals surface area contributed by atoms with E-state index in [1.807, 2.05) is 19.0 Å². The number of ketones is 1. The highest BCUT2D eigenvalue weighted by atomic mass is 16.5. The predicted molar refractivity (Wildman–Crippen MR) is 123 cm³/mol. The number of hydrogen-bond donors (Lipinski definition) is 1. The van der Waals surface area contributed by atoms with Crippen LogP contribution < -0.4 is 4.74 Å². The molecule has 1 fully saturated rings. The molecule has 0 aliphatic carbocycles. The van der Waals surface area contributed by atoms with Gasteiger partial charge in [0.2, 0.25) is 0 Å². The van der Waals surface area contributed by atoms with Crippen LogP contribution >= 0.6 is 0 Å². The molecule has 2 aromatic carbocycles. The molecule has 0 bridgehead atoms. The number of ether oxygens (including phenoxy) is 2. The molecule has 174 valence electrons. The average molecular weight is 453 g/mol. The van der Waals surface area contributed by atoms with Crippen LogP contribution in [0.4, 0.5) is 0 Å². The van der Waals surface area contributed by atoms with Gasteiger partial charge in [0.05, 0.1) is 31.4 Å². The van der Waals surface area contributed by atoms with Crippen molar-refractivity contribution in [3.8, 4) is 5.75 Å². The Kier molecular flexibility index (Phi) is 7.50. The number of esters is 1. The molecule has 0 aromatic heterocycles. The highest BCUT2D eigenvalue weighted by molar-refractivity contribution is 6.46. The van der Waals surface area contributed by atoms with E-state index in [2.05, 4.69) is 0 Å². The lowest BCUT2D eigenvalue weighted by atomic mass is 9.94. The molecular weight excluding hydrogens is 424 g/mol. The maximum absolute atomic E-state index is 13.1. The number of rotatable bonds is 8. The first-order valence-electron chi connectivity index (χ1n) is 10.5. The topological polar surface area (TPSA) is 96.4 Å². The Hall–Kier alpha value is -3.65. The summed E-state index contributed by atoms with van der Waals surface area (Å²) in [7, 11) is 6.66. The maximum Gasteiger partial charge on any atom is 0.337 e. The number of carbonyl (C=O) groups is 3. The van der Waals surface area contributed by atoms with Crippen LogP contribution in [0.2, 0.25) is 0 Å². The smallest absolute Gasteiger partial charge is 0.337 e. The summed E-state index contributed by atoms with van der Waals surface area (Å²) in [4.78, 5) is 41.3. The molecule has 1 N–H and O–H groups in total. The third-order valence-corrected chi connectivity index (χ3v) is 5.53. The number of hydrogen-bond acceptors (Lipinski definition) is 7. The molecule has 1 amide bonds. The molecule has 8 nitrogen and oxygen atoms in total. The molecule has 0 saturated carbocycles. The van der Waals surface area contributed by atoms with Crippen LogP contribution in [0.5, 0.6) is 5.75 Å². The Labute approximate surface area is 193 Å². The van der Waals surface area contributed by atoms with E-state index in [0.29, 0.717) is 35.4 Å². The lowest BCUT2D eigenvalue weighted by molar-refractivity contribution is -0.139. The van der Waals surface area contributed by atoms with E-state index < -0.39 is 23.7 Å². The van der Waals surface area contributed by atoms with Crippen molar-refractivity contribution in [1.29, 1.82) is 0 Å². The van der Waals surface area contributed by atoms with Crippen molar-refractivity contribution in [2.24, 2.45) is 0 Å². The number of methoxy groups -OCH3 is 2. The van der Waals surface area contributed by atoms with Crippen molar-refractivity contribution in [2.45, 2.75) is 12.5 Å². The molecule has 3 rings (SSSR count). The zero-order valence-electron chi connectivity index (χ0n) is 19.2. The zero-order chi connectivity index (χ0) is 24.1. The van der Waals surface area contributed by atoms with E-state index in [1.54, 1.807) is 48.5 Å². The fraction of sp³-hybridized carbons (Fsp3) is 0.320. The quantitative estimate of drug-likeness (QED) is 0.285. The normalized spacial score (nSPS) is 17.5. The Morgan fingerprint density at radius 2 is 1.76 bits per heavy atom. The Bertz CT molecular complexity index is 1070. The zero-order valence-corrected chi connectivity index (χ0v) is 19.2. The highest BCUT2D eigenvalue weighted by Crippen LogP contribution is 2.39. The third kappa shape index (κ3) is 5.06. The van der Waals surface area contributed by atoms with Gasteiger partial charge in [-0.25, -0.2) is 4.79 Å². The maximum atomic E-state index is 13.1. The van der Waals surface area contributed by atoms with Gasteiger partial charge in [0.1, 0.15) is 11.5 Å². The van der Waals surface area contributed by atoms with E-state index in [-0.39, 0.29) is 11.3 Å². The van der Waals surface area contributed by atoms with Gasteiger partial charge in [0, 0.05) is 12.1 Å². The van der Waals surface area contributed by atoms with Gasteiger partial charge in [-0.05, 0) is 56.9 Å². The van der Waals surface area contributed by atoms with Gasteiger partial charge in [-0.3, -0.25) is 9.59 Å². The van der Waals surface area contributed by atoms with Crippen LogP contribution in [0.1, 0.15) is 33.9 Å². The Morgan fingerprint density at radius 1 is 1.06 bits per heavy atom. The van der Waals surface area contributed by atoms with Gasteiger partial charge in [0.15, 0.2) is 0 Å². The lowest BCUT2D eigenvalue weighted by Crippen LogP contribution is -2.32. The van der Waals surface area contributed by atoms with Gasteiger partial charge in [-0.15, -0.1) is 0 Å². The second kappa shape index (κ2) is 10.3. The minimum atomic E-state index is -0.787. The second-order valence-electron chi connectivity index (χ2n) is 7.99. The van der Waals surface area contributed by atoms with Gasteiger partial charge in [-0.1, -0.05) is 24.3 Å². The number of amides is 1. The standard InChI is InChI=1S/C25H28N2O6/c1-26(2)13-6-14-27-21(16-9-11-17(12-10-16)25(31)33-4)20(23(29)24(27)30)22(28)18-7-5-8-19(15-18)32-3/h5,7-12,15,21,28H,6,13-14H2,1-4H3/b22-20+/t21-/m1/s1. The first kappa shape index (κ1) is 24.0. The summed E-state index contributed by atoms with van der Waals surface area (Å²) in [5.74, 6) is -1.66. The minimum Gasteiger partial charge on any atom is -0.507 e. The number of Topliss-reactive ketones (excluding diaryl/α,β-unsaturated/α-hetero) is 1. The lowest BCUT2D eigenvalue weighted by Gasteiger charge is -2.26. The first-order chi connectivity index (χ1) is 15.8. The predicted octanol–water partition coefficient (Wildman–Crippen LogP) is 2.86. The first-order valence-corrected chi connectivity index (χ1v) is 10.5. The van der Waals surface area contributed by atoms with Crippen LogP contribution in [-0.2, 0) is 14.3 Å². The molecule has 0 radical (unpaired) electrons. The van der Waals surface area contributed by atoms with Crippen molar-refractivity contribution in [3.63, 3.8) is 0 Å². The van der Waals surface area contributed by atoms with E-state index >= 15 is 0 Å².